The lowest BCUT2D eigenvalue weighted by Gasteiger charge is -2.60. The molecule has 3 nitrogen and oxygen atoms in total. The van der Waals surface area contributed by atoms with Crippen LogP contribution < -0.4 is 0 Å². The second-order valence-electron chi connectivity index (χ2n) is 9.88. The molecular weight excluding hydrogens is 380 g/mol. The highest BCUT2D eigenvalue weighted by atomic mass is 79.9. The molecule has 0 bridgehead atoms. The average molecular weight is 411 g/mol. The number of alkyl halides is 1. The van der Waals surface area contributed by atoms with Gasteiger partial charge in [-0.3, -0.25) is 9.59 Å². The number of fused-ring (bicyclic) bond motifs is 5. The first-order valence-electron chi connectivity index (χ1n) is 10.0. The normalized spacial score (nSPS) is 55.2. The van der Waals surface area contributed by atoms with Gasteiger partial charge in [0.2, 0.25) is 0 Å². The van der Waals surface area contributed by atoms with Crippen molar-refractivity contribution in [2.45, 2.75) is 82.6 Å². The molecule has 0 heterocycles. The third kappa shape index (κ3) is 2.19. The Morgan fingerprint density at radius 1 is 1.16 bits per heavy atom. The fourth-order valence-corrected chi connectivity index (χ4v) is 8.90. The largest absolute Gasteiger partial charge is 0.380 e. The number of hydrogen-bond acceptors (Lipinski definition) is 3. The Morgan fingerprint density at radius 3 is 2.56 bits per heavy atom. The minimum atomic E-state index is -1.23. The smallest absolute Gasteiger partial charge is 0.163 e. The fourth-order valence-electron chi connectivity index (χ4n) is 7.65. The monoisotopic (exact) mass is 410 g/mol. The van der Waals surface area contributed by atoms with Gasteiger partial charge >= 0.3 is 0 Å². The molecule has 25 heavy (non-hydrogen) atoms. The van der Waals surface area contributed by atoms with Crippen LogP contribution in [0.3, 0.4) is 0 Å². The summed E-state index contributed by atoms with van der Waals surface area (Å²) in [7, 11) is 0. The standard InChI is InChI=1S/C21H31BrO3/c1-12(23)21(25)18(22)11-17-15-5-4-13-10-14(24)6-8-19(13,2)16(15)7-9-20(17,21)3/h13,15-18,25H,4-11H2,1-3H3/t13-,15?,16?,17?,18?,19-,20-,21+/m0/s1. The van der Waals surface area contributed by atoms with Crippen molar-refractivity contribution in [2.24, 2.45) is 34.5 Å². The van der Waals surface area contributed by atoms with E-state index in [1.54, 1.807) is 6.92 Å². The van der Waals surface area contributed by atoms with Gasteiger partial charge in [-0.05, 0) is 74.5 Å². The first-order valence-corrected chi connectivity index (χ1v) is 11.0. The maximum absolute atomic E-state index is 12.4. The number of halogens is 1. The van der Waals surface area contributed by atoms with Crippen LogP contribution in [0.25, 0.3) is 0 Å². The van der Waals surface area contributed by atoms with Crippen molar-refractivity contribution in [2.75, 3.05) is 0 Å². The number of rotatable bonds is 1. The lowest BCUT2D eigenvalue weighted by atomic mass is 9.44. The van der Waals surface area contributed by atoms with E-state index < -0.39 is 5.60 Å². The maximum Gasteiger partial charge on any atom is 0.163 e. The highest BCUT2D eigenvalue weighted by Gasteiger charge is 2.69. The second-order valence-corrected chi connectivity index (χ2v) is 11.0. The van der Waals surface area contributed by atoms with E-state index in [2.05, 4.69) is 29.8 Å². The minimum absolute atomic E-state index is 0.0824. The Balaban J connectivity index is 1.68. The van der Waals surface area contributed by atoms with E-state index in [0.29, 0.717) is 29.5 Å². The molecule has 8 atom stereocenters. The first-order chi connectivity index (χ1) is 11.6. The van der Waals surface area contributed by atoms with Crippen molar-refractivity contribution in [1.29, 1.82) is 0 Å². The molecule has 0 aromatic heterocycles. The molecule has 0 radical (unpaired) electrons. The Hall–Kier alpha value is -0.220. The molecule has 4 unspecified atom stereocenters. The van der Waals surface area contributed by atoms with Crippen LogP contribution >= 0.6 is 15.9 Å². The van der Waals surface area contributed by atoms with Gasteiger partial charge in [-0.25, -0.2) is 0 Å². The summed E-state index contributed by atoms with van der Waals surface area (Å²) >= 11 is 3.68. The van der Waals surface area contributed by atoms with E-state index in [0.717, 1.165) is 51.4 Å². The highest BCUT2D eigenvalue weighted by Crippen LogP contribution is 2.68. The van der Waals surface area contributed by atoms with Gasteiger partial charge in [0, 0.05) is 18.3 Å². The molecule has 4 aliphatic rings. The number of carbonyl (C=O) groups is 2. The number of aliphatic hydroxyl groups is 1. The Morgan fingerprint density at radius 2 is 1.88 bits per heavy atom. The van der Waals surface area contributed by atoms with Gasteiger partial charge < -0.3 is 5.11 Å². The predicted octanol–water partition coefficient (Wildman–Crippen LogP) is 4.29. The van der Waals surface area contributed by atoms with Crippen LogP contribution in [0.4, 0.5) is 0 Å². The number of carbonyl (C=O) groups excluding carboxylic acids is 2. The number of hydrogen-bond donors (Lipinski definition) is 1. The zero-order valence-corrected chi connectivity index (χ0v) is 17.3. The summed E-state index contributed by atoms with van der Waals surface area (Å²) in [6.45, 7) is 6.15. The molecule has 0 saturated heterocycles. The summed E-state index contributed by atoms with van der Waals surface area (Å²) in [4.78, 5) is 24.3. The molecule has 0 aliphatic heterocycles. The molecule has 4 heteroatoms. The fraction of sp³-hybridized carbons (Fsp3) is 0.905. The summed E-state index contributed by atoms with van der Waals surface area (Å²) in [6, 6.07) is 0. The highest BCUT2D eigenvalue weighted by molar-refractivity contribution is 9.09. The van der Waals surface area contributed by atoms with Gasteiger partial charge in [0.25, 0.3) is 0 Å². The van der Waals surface area contributed by atoms with Gasteiger partial charge in [0.05, 0.1) is 4.83 Å². The van der Waals surface area contributed by atoms with Gasteiger partial charge in [-0.1, -0.05) is 29.8 Å². The van der Waals surface area contributed by atoms with Crippen molar-refractivity contribution in [3.8, 4) is 0 Å². The zero-order valence-electron chi connectivity index (χ0n) is 15.7. The summed E-state index contributed by atoms with van der Waals surface area (Å²) in [5, 5.41) is 11.4. The first kappa shape index (κ1) is 18.2. The van der Waals surface area contributed by atoms with Crippen LogP contribution in [-0.2, 0) is 9.59 Å². The molecule has 0 amide bonds. The Kier molecular flexibility index (Phi) is 4.10. The molecule has 0 aromatic rings. The van der Waals surface area contributed by atoms with Crippen molar-refractivity contribution in [3.63, 3.8) is 0 Å². The van der Waals surface area contributed by atoms with E-state index in [1.165, 1.54) is 0 Å². The summed E-state index contributed by atoms with van der Waals surface area (Å²) < 4.78 is 0. The van der Waals surface area contributed by atoms with Gasteiger partial charge in [-0.2, -0.15) is 0 Å². The van der Waals surface area contributed by atoms with Crippen LogP contribution in [0.2, 0.25) is 0 Å². The molecular formula is C21H31BrO3. The molecule has 1 N–H and O–H groups in total. The maximum atomic E-state index is 12.4. The SMILES string of the molecule is CC(=O)[C@@]1(O)C(Br)CC2C3CC[C@H]4CC(=O)CC[C@]4(C)C3CC[C@@]21C. The summed E-state index contributed by atoms with van der Waals surface area (Å²) in [5.41, 5.74) is -1.28. The summed E-state index contributed by atoms with van der Waals surface area (Å²) in [6.07, 6.45) is 7.77. The molecule has 4 fully saturated rings. The third-order valence-corrected chi connectivity index (χ3v) is 10.2. The Labute approximate surface area is 159 Å². The average Bonchev–Trinajstić information content (AvgIpc) is 2.77. The third-order valence-electron chi connectivity index (χ3n) is 9.19. The van der Waals surface area contributed by atoms with Crippen LogP contribution in [0.15, 0.2) is 0 Å². The van der Waals surface area contributed by atoms with Gasteiger partial charge in [-0.15, -0.1) is 0 Å². The van der Waals surface area contributed by atoms with E-state index in [1.807, 2.05) is 0 Å². The molecule has 4 aliphatic carbocycles. The van der Waals surface area contributed by atoms with Crippen molar-refractivity contribution < 1.29 is 14.7 Å². The van der Waals surface area contributed by atoms with Crippen LogP contribution in [-0.4, -0.2) is 27.1 Å². The van der Waals surface area contributed by atoms with E-state index in [9.17, 15) is 14.7 Å². The molecule has 0 spiro atoms. The minimum Gasteiger partial charge on any atom is -0.380 e. The molecule has 0 aromatic carbocycles. The topological polar surface area (TPSA) is 54.4 Å². The van der Waals surface area contributed by atoms with Gasteiger partial charge in [0.15, 0.2) is 5.78 Å². The lowest BCUT2D eigenvalue weighted by molar-refractivity contribution is -0.168. The molecule has 140 valence electrons. The van der Waals surface area contributed by atoms with Crippen LogP contribution in [0, 0.1) is 34.5 Å². The molecule has 4 saturated carbocycles. The zero-order chi connectivity index (χ0) is 18.2. The van der Waals surface area contributed by atoms with E-state index in [-0.39, 0.29) is 21.4 Å². The molecule has 4 rings (SSSR count). The second kappa shape index (κ2) is 5.64. The summed E-state index contributed by atoms with van der Waals surface area (Å²) in [5.74, 6) is 2.55. The van der Waals surface area contributed by atoms with Crippen LogP contribution in [0.1, 0.15) is 72.1 Å². The lowest BCUT2D eigenvalue weighted by Crippen LogP contribution is -2.59. The van der Waals surface area contributed by atoms with Crippen molar-refractivity contribution >= 4 is 27.5 Å². The quantitative estimate of drug-likeness (QED) is 0.655. The number of ketones is 2. The Bertz CT molecular complexity index is 618. The predicted molar refractivity (Wildman–Crippen MR) is 100 cm³/mol. The van der Waals surface area contributed by atoms with Crippen molar-refractivity contribution in [3.05, 3.63) is 0 Å². The van der Waals surface area contributed by atoms with E-state index in [4.69, 9.17) is 0 Å². The van der Waals surface area contributed by atoms with Gasteiger partial charge in [0.1, 0.15) is 11.4 Å². The number of Topliss-reactive ketones (excluding diaryl/α,β-unsaturated/α-hetero) is 2. The van der Waals surface area contributed by atoms with E-state index >= 15 is 0 Å². The van der Waals surface area contributed by atoms with Crippen LogP contribution in [0.5, 0.6) is 0 Å². The van der Waals surface area contributed by atoms with Crippen molar-refractivity contribution in [1.82, 2.24) is 0 Å².